The van der Waals surface area contributed by atoms with E-state index < -0.39 is 6.04 Å². The molecule has 2 amide bonds. The summed E-state index contributed by atoms with van der Waals surface area (Å²) >= 11 is 12.1. The van der Waals surface area contributed by atoms with Crippen LogP contribution in [0.3, 0.4) is 0 Å². The quantitative estimate of drug-likeness (QED) is 0.388. The van der Waals surface area contributed by atoms with Gasteiger partial charge in [-0.25, -0.2) is 4.79 Å². The number of halogens is 2. The van der Waals surface area contributed by atoms with E-state index in [2.05, 4.69) is 22.4 Å². The third-order valence-corrected chi connectivity index (χ3v) is 6.05. The van der Waals surface area contributed by atoms with Crippen LogP contribution in [0.1, 0.15) is 50.6 Å². The summed E-state index contributed by atoms with van der Waals surface area (Å²) in [6.07, 6.45) is 3.04. The minimum atomic E-state index is -0.430. The molecule has 0 fully saturated rings. The lowest BCUT2D eigenvalue weighted by atomic mass is 9.94. The lowest BCUT2D eigenvalue weighted by molar-refractivity contribution is 0.204. The zero-order valence-electron chi connectivity index (χ0n) is 17.9. The summed E-state index contributed by atoms with van der Waals surface area (Å²) in [7, 11) is 0. The Hall–Kier alpha value is -2.83. The maximum atomic E-state index is 13.0. The molecule has 1 aliphatic heterocycles. The molecule has 1 unspecified atom stereocenters. The van der Waals surface area contributed by atoms with Crippen LogP contribution < -0.4 is 5.32 Å². The van der Waals surface area contributed by atoms with Crippen molar-refractivity contribution in [2.75, 3.05) is 6.54 Å². The number of nitrogens with zero attached hydrogens (tertiary/aromatic N) is 3. The van der Waals surface area contributed by atoms with Crippen molar-refractivity contribution in [3.8, 4) is 11.4 Å². The predicted octanol–water partition coefficient (Wildman–Crippen LogP) is 6.73. The zero-order chi connectivity index (χ0) is 22.7. The molecule has 1 N–H and O–H groups in total. The SMILES string of the molecule is CCCCCN1C(=O)NC(c2ccc(Cl)cc2)C(c2nc(-c3ccc(Cl)cc3)no2)=C1C. The molecule has 0 radical (unpaired) electrons. The molecule has 8 heteroatoms. The molecule has 32 heavy (non-hydrogen) atoms. The molecule has 6 nitrogen and oxygen atoms in total. The number of benzene rings is 2. The van der Waals surface area contributed by atoms with E-state index >= 15 is 0 Å². The molecule has 3 aromatic rings. The number of rotatable bonds is 7. The van der Waals surface area contributed by atoms with Gasteiger partial charge in [0.2, 0.25) is 5.82 Å². The Morgan fingerprint density at radius 3 is 2.34 bits per heavy atom. The first-order valence-corrected chi connectivity index (χ1v) is 11.4. The number of carbonyl (C=O) groups is 1. The Kier molecular flexibility index (Phi) is 6.82. The van der Waals surface area contributed by atoms with Crippen molar-refractivity contribution in [2.45, 2.75) is 39.2 Å². The van der Waals surface area contributed by atoms with Crippen molar-refractivity contribution < 1.29 is 9.32 Å². The van der Waals surface area contributed by atoms with Crippen LogP contribution in [0.4, 0.5) is 4.79 Å². The van der Waals surface area contributed by atoms with Gasteiger partial charge in [-0.05, 0) is 55.3 Å². The van der Waals surface area contributed by atoms with E-state index in [-0.39, 0.29) is 6.03 Å². The van der Waals surface area contributed by atoms with Crippen LogP contribution in [0.2, 0.25) is 10.0 Å². The number of unbranched alkanes of at least 4 members (excludes halogenated alkanes) is 2. The van der Waals surface area contributed by atoms with Crippen molar-refractivity contribution in [3.63, 3.8) is 0 Å². The summed E-state index contributed by atoms with van der Waals surface area (Å²) in [6.45, 7) is 4.69. The average molecular weight is 471 g/mol. The second-order valence-electron chi connectivity index (χ2n) is 7.72. The lowest BCUT2D eigenvalue weighted by Gasteiger charge is -2.35. The van der Waals surface area contributed by atoms with Crippen molar-refractivity contribution in [1.29, 1.82) is 0 Å². The summed E-state index contributed by atoms with van der Waals surface area (Å²) in [6, 6.07) is 14.1. The number of amides is 2. The van der Waals surface area contributed by atoms with Gasteiger partial charge in [-0.1, -0.05) is 60.3 Å². The fourth-order valence-electron chi connectivity index (χ4n) is 3.80. The van der Waals surface area contributed by atoms with E-state index in [0.717, 1.165) is 41.7 Å². The van der Waals surface area contributed by atoms with Gasteiger partial charge in [0.1, 0.15) is 0 Å². The smallest absolute Gasteiger partial charge is 0.322 e. The Morgan fingerprint density at radius 2 is 1.69 bits per heavy atom. The van der Waals surface area contributed by atoms with E-state index in [9.17, 15) is 4.79 Å². The van der Waals surface area contributed by atoms with Gasteiger partial charge in [0.05, 0.1) is 11.6 Å². The van der Waals surface area contributed by atoms with Crippen LogP contribution in [-0.2, 0) is 0 Å². The molecule has 4 rings (SSSR count). The standard InChI is InChI=1S/C24H24Cl2N4O2/c1-3-4-5-14-30-15(2)20(21(27-24(30)31)16-6-10-18(25)11-7-16)23-28-22(29-32-23)17-8-12-19(26)13-9-17/h6-13,21H,3-5,14H2,1-2H3,(H,27,31). The number of aromatic nitrogens is 2. The Morgan fingerprint density at radius 1 is 1.03 bits per heavy atom. The second-order valence-corrected chi connectivity index (χ2v) is 8.59. The van der Waals surface area contributed by atoms with Crippen LogP contribution in [-0.4, -0.2) is 27.6 Å². The van der Waals surface area contributed by atoms with Crippen LogP contribution in [0.15, 0.2) is 58.8 Å². The molecule has 0 saturated heterocycles. The van der Waals surface area contributed by atoms with Gasteiger partial charge in [0.15, 0.2) is 0 Å². The van der Waals surface area contributed by atoms with Gasteiger partial charge in [-0.2, -0.15) is 4.98 Å². The molecule has 0 bridgehead atoms. The van der Waals surface area contributed by atoms with Gasteiger partial charge in [0, 0.05) is 27.9 Å². The van der Waals surface area contributed by atoms with Gasteiger partial charge in [-0.15, -0.1) is 0 Å². The molecule has 1 atom stereocenters. The van der Waals surface area contributed by atoms with E-state index in [0.29, 0.717) is 28.3 Å². The first-order chi connectivity index (χ1) is 15.5. The van der Waals surface area contributed by atoms with Crippen molar-refractivity contribution in [2.24, 2.45) is 0 Å². The number of allylic oxidation sites excluding steroid dienone is 1. The first-order valence-electron chi connectivity index (χ1n) is 10.6. The summed E-state index contributed by atoms with van der Waals surface area (Å²) in [5.41, 5.74) is 3.26. The van der Waals surface area contributed by atoms with E-state index in [1.54, 1.807) is 29.2 Å². The van der Waals surface area contributed by atoms with Gasteiger partial charge in [-0.3, -0.25) is 4.90 Å². The highest BCUT2D eigenvalue weighted by Gasteiger charge is 2.35. The molecule has 166 valence electrons. The van der Waals surface area contributed by atoms with Crippen molar-refractivity contribution >= 4 is 34.8 Å². The third kappa shape index (κ3) is 4.66. The molecule has 0 spiro atoms. The number of urea groups is 1. The van der Waals surface area contributed by atoms with Crippen molar-refractivity contribution in [3.05, 3.63) is 75.7 Å². The second kappa shape index (κ2) is 9.76. The fourth-order valence-corrected chi connectivity index (χ4v) is 4.05. The molecule has 1 aliphatic rings. The van der Waals surface area contributed by atoms with Crippen LogP contribution in [0.25, 0.3) is 17.0 Å². The minimum absolute atomic E-state index is 0.139. The number of carbonyl (C=O) groups excluding carboxylic acids is 1. The molecule has 0 saturated carbocycles. The van der Waals surface area contributed by atoms with Gasteiger partial charge in [0.25, 0.3) is 5.89 Å². The van der Waals surface area contributed by atoms with Crippen molar-refractivity contribution in [1.82, 2.24) is 20.4 Å². The fraction of sp³-hybridized carbons (Fsp3) is 0.292. The molecule has 0 aliphatic carbocycles. The predicted molar refractivity (Wildman–Crippen MR) is 126 cm³/mol. The largest absolute Gasteiger partial charge is 0.334 e. The Labute approximate surface area is 197 Å². The average Bonchev–Trinajstić information content (AvgIpc) is 3.26. The van der Waals surface area contributed by atoms with Crippen LogP contribution in [0, 0.1) is 0 Å². The summed E-state index contributed by atoms with van der Waals surface area (Å²) in [4.78, 5) is 19.4. The Balaban J connectivity index is 1.76. The maximum Gasteiger partial charge on any atom is 0.322 e. The number of nitrogens with one attached hydrogen (secondary N) is 1. The van der Waals surface area contributed by atoms with Crippen LogP contribution >= 0.6 is 23.2 Å². The highest BCUT2D eigenvalue weighted by Crippen LogP contribution is 2.37. The minimum Gasteiger partial charge on any atom is -0.334 e. The third-order valence-electron chi connectivity index (χ3n) is 5.54. The molecule has 2 aromatic carbocycles. The van der Waals surface area contributed by atoms with E-state index in [1.807, 2.05) is 31.2 Å². The summed E-state index contributed by atoms with van der Waals surface area (Å²) in [5.74, 6) is 0.828. The number of hydrogen-bond acceptors (Lipinski definition) is 4. The Bertz CT molecular complexity index is 1120. The van der Waals surface area contributed by atoms with E-state index in [4.69, 9.17) is 27.7 Å². The van der Waals surface area contributed by atoms with Crippen LogP contribution in [0.5, 0.6) is 0 Å². The van der Waals surface area contributed by atoms with E-state index in [1.165, 1.54) is 0 Å². The molecule has 1 aromatic heterocycles. The monoisotopic (exact) mass is 470 g/mol. The molecular weight excluding hydrogens is 447 g/mol. The van der Waals surface area contributed by atoms with Gasteiger partial charge < -0.3 is 9.84 Å². The molecule has 2 heterocycles. The van der Waals surface area contributed by atoms with Gasteiger partial charge >= 0.3 is 6.03 Å². The topological polar surface area (TPSA) is 71.3 Å². The summed E-state index contributed by atoms with van der Waals surface area (Å²) in [5, 5.41) is 8.54. The first kappa shape index (κ1) is 22.4. The highest BCUT2D eigenvalue weighted by atomic mass is 35.5. The maximum absolute atomic E-state index is 13.0. The highest BCUT2D eigenvalue weighted by molar-refractivity contribution is 6.30. The normalized spacial score (nSPS) is 16.4. The molecular formula is C24H24Cl2N4O2. The lowest BCUT2D eigenvalue weighted by Crippen LogP contribution is -2.46. The number of hydrogen-bond donors (Lipinski definition) is 1. The zero-order valence-corrected chi connectivity index (χ0v) is 19.5. The summed E-state index contributed by atoms with van der Waals surface area (Å²) < 4.78 is 5.69.